The maximum atomic E-state index is 10.8. The summed E-state index contributed by atoms with van der Waals surface area (Å²) in [4.78, 5) is 0. The van der Waals surface area contributed by atoms with E-state index >= 15 is 0 Å². The number of phenolic OH excluding ortho intramolecular Hbond substituents is 1. The van der Waals surface area contributed by atoms with E-state index in [1.54, 1.807) is 0 Å². The topological polar surface area (TPSA) is 20.2 Å². The molecule has 0 saturated heterocycles. The third kappa shape index (κ3) is 3.83. The number of para-hydroxylation sites is 1. The van der Waals surface area contributed by atoms with Crippen molar-refractivity contribution in [2.24, 2.45) is 0 Å². The SMILES string of the molecule is Cc1cccc(CS)c1Pc1cccc(Cc2ccccc2)c1O. The van der Waals surface area contributed by atoms with Crippen LogP contribution < -0.4 is 10.6 Å². The first-order chi connectivity index (χ1) is 11.7. The molecule has 3 aromatic rings. The van der Waals surface area contributed by atoms with Crippen molar-refractivity contribution < 1.29 is 5.11 Å². The van der Waals surface area contributed by atoms with Gasteiger partial charge in [-0.3, -0.25) is 0 Å². The number of phenols is 1. The van der Waals surface area contributed by atoms with Crippen LogP contribution in [0.4, 0.5) is 0 Å². The van der Waals surface area contributed by atoms with Gasteiger partial charge in [0.2, 0.25) is 0 Å². The molecular weight excluding hydrogens is 331 g/mol. The molecule has 0 amide bonds. The smallest absolute Gasteiger partial charge is 0.126 e. The van der Waals surface area contributed by atoms with Crippen LogP contribution in [0.15, 0.2) is 66.7 Å². The lowest BCUT2D eigenvalue weighted by Gasteiger charge is -2.14. The molecular formula is C21H21OPS. The Kier molecular flexibility index (Phi) is 5.60. The molecule has 3 rings (SSSR count). The first-order valence-electron chi connectivity index (χ1n) is 8.00. The quantitative estimate of drug-likeness (QED) is 0.517. The molecule has 1 nitrogen and oxygen atoms in total. The van der Waals surface area contributed by atoms with Crippen molar-refractivity contribution in [3.05, 3.63) is 89.0 Å². The average molecular weight is 352 g/mol. The maximum Gasteiger partial charge on any atom is 0.126 e. The molecule has 0 spiro atoms. The van der Waals surface area contributed by atoms with Crippen LogP contribution in [0, 0.1) is 6.92 Å². The van der Waals surface area contributed by atoms with Gasteiger partial charge in [0.05, 0.1) is 0 Å². The number of benzene rings is 3. The second-order valence-electron chi connectivity index (χ2n) is 5.87. The normalized spacial score (nSPS) is 11.2. The van der Waals surface area contributed by atoms with Crippen molar-refractivity contribution in [3.63, 3.8) is 0 Å². The monoisotopic (exact) mass is 352 g/mol. The summed E-state index contributed by atoms with van der Waals surface area (Å²) in [5.74, 6) is 1.14. The van der Waals surface area contributed by atoms with Crippen LogP contribution in [0.2, 0.25) is 0 Å². The Morgan fingerprint density at radius 2 is 1.58 bits per heavy atom. The Labute approximate surface area is 151 Å². The summed E-state index contributed by atoms with van der Waals surface area (Å²) in [6.45, 7) is 2.13. The second-order valence-corrected chi connectivity index (χ2v) is 7.47. The zero-order chi connectivity index (χ0) is 16.9. The molecule has 0 fully saturated rings. The standard InChI is InChI=1S/C21H21OPS/c1-15-7-5-11-18(14-24)21(15)23-19-12-6-10-17(20(19)22)13-16-8-3-2-4-9-16/h2-12,22-24H,13-14H2,1H3. The zero-order valence-electron chi connectivity index (χ0n) is 13.7. The van der Waals surface area contributed by atoms with E-state index in [4.69, 9.17) is 0 Å². The number of aryl methyl sites for hydroxylation is 1. The highest BCUT2D eigenvalue weighted by molar-refractivity contribution is 7.79. The van der Waals surface area contributed by atoms with Gasteiger partial charge in [-0.05, 0) is 34.5 Å². The molecule has 24 heavy (non-hydrogen) atoms. The molecule has 3 heteroatoms. The van der Waals surface area contributed by atoms with E-state index in [0.717, 1.165) is 17.3 Å². The molecule has 0 bridgehead atoms. The molecule has 122 valence electrons. The molecule has 0 heterocycles. The molecule has 0 radical (unpaired) electrons. The van der Waals surface area contributed by atoms with Crippen LogP contribution in [0.1, 0.15) is 22.3 Å². The maximum absolute atomic E-state index is 10.8. The summed E-state index contributed by atoms with van der Waals surface area (Å²) in [6, 6.07) is 22.6. The first kappa shape index (κ1) is 17.1. The van der Waals surface area contributed by atoms with Crippen molar-refractivity contribution in [1.29, 1.82) is 0 Å². The van der Waals surface area contributed by atoms with Gasteiger partial charge in [0.1, 0.15) is 5.75 Å². The molecule has 0 aromatic heterocycles. The fraction of sp³-hybridized carbons (Fsp3) is 0.143. The Balaban J connectivity index is 1.92. The van der Waals surface area contributed by atoms with Gasteiger partial charge in [-0.2, -0.15) is 12.6 Å². The number of aromatic hydroxyl groups is 1. The largest absolute Gasteiger partial charge is 0.507 e. The Morgan fingerprint density at radius 3 is 2.33 bits per heavy atom. The van der Waals surface area contributed by atoms with Crippen molar-refractivity contribution in [1.82, 2.24) is 0 Å². The minimum atomic E-state index is 0.424. The van der Waals surface area contributed by atoms with Crippen LogP contribution in [0.3, 0.4) is 0 Å². The van der Waals surface area contributed by atoms with E-state index in [1.807, 2.05) is 36.4 Å². The van der Waals surface area contributed by atoms with E-state index in [2.05, 4.69) is 49.9 Å². The molecule has 0 aliphatic rings. The summed E-state index contributed by atoms with van der Waals surface area (Å²) in [6.07, 6.45) is 0.748. The van der Waals surface area contributed by atoms with Gasteiger partial charge in [-0.15, -0.1) is 0 Å². The summed E-state index contributed by atoms with van der Waals surface area (Å²) >= 11 is 4.45. The fourth-order valence-corrected chi connectivity index (χ4v) is 4.58. The third-order valence-corrected chi connectivity index (χ3v) is 6.13. The Hall–Kier alpha value is -1.76. The van der Waals surface area contributed by atoms with Crippen molar-refractivity contribution in [3.8, 4) is 5.75 Å². The Morgan fingerprint density at radius 1 is 0.875 bits per heavy atom. The summed E-state index contributed by atoms with van der Waals surface area (Å²) in [7, 11) is 0.438. The molecule has 0 aliphatic carbocycles. The molecule has 1 atom stereocenters. The second kappa shape index (κ2) is 7.88. The van der Waals surface area contributed by atoms with Crippen LogP contribution in [-0.2, 0) is 12.2 Å². The van der Waals surface area contributed by atoms with E-state index in [9.17, 15) is 5.11 Å². The van der Waals surface area contributed by atoms with Crippen molar-refractivity contribution in [2.75, 3.05) is 0 Å². The fourth-order valence-electron chi connectivity index (χ4n) is 2.82. The molecule has 1 unspecified atom stereocenters. The lowest BCUT2D eigenvalue weighted by Crippen LogP contribution is -2.12. The molecule has 3 aromatic carbocycles. The van der Waals surface area contributed by atoms with E-state index < -0.39 is 0 Å². The van der Waals surface area contributed by atoms with Crippen LogP contribution in [0.5, 0.6) is 5.75 Å². The molecule has 0 aliphatic heterocycles. The van der Waals surface area contributed by atoms with Gasteiger partial charge >= 0.3 is 0 Å². The molecule has 1 N–H and O–H groups in total. The predicted molar refractivity (Wildman–Crippen MR) is 109 cm³/mol. The third-order valence-electron chi connectivity index (χ3n) is 4.15. The van der Waals surface area contributed by atoms with Gasteiger partial charge in [-0.1, -0.05) is 75.3 Å². The van der Waals surface area contributed by atoms with Crippen LogP contribution in [-0.4, -0.2) is 5.11 Å². The highest BCUT2D eigenvalue weighted by atomic mass is 32.1. The van der Waals surface area contributed by atoms with Gasteiger partial charge < -0.3 is 5.11 Å². The highest BCUT2D eigenvalue weighted by Crippen LogP contribution is 2.26. The van der Waals surface area contributed by atoms with Gasteiger partial charge in [0, 0.05) is 17.5 Å². The van der Waals surface area contributed by atoms with Crippen molar-refractivity contribution >= 4 is 31.8 Å². The number of rotatable bonds is 5. The summed E-state index contributed by atoms with van der Waals surface area (Å²) in [5.41, 5.74) is 4.68. The van der Waals surface area contributed by atoms with Gasteiger partial charge in [-0.25, -0.2) is 0 Å². The van der Waals surface area contributed by atoms with Crippen molar-refractivity contribution in [2.45, 2.75) is 19.1 Å². The lowest BCUT2D eigenvalue weighted by atomic mass is 10.0. The predicted octanol–water partition coefficient (Wildman–Crippen LogP) is 4.35. The van der Waals surface area contributed by atoms with Gasteiger partial charge in [0.25, 0.3) is 0 Å². The number of hydrogen-bond donors (Lipinski definition) is 2. The van der Waals surface area contributed by atoms with E-state index in [1.165, 1.54) is 22.0 Å². The summed E-state index contributed by atoms with van der Waals surface area (Å²) in [5, 5.41) is 13.0. The number of hydrogen-bond acceptors (Lipinski definition) is 2. The number of thiol groups is 1. The van der Waals surface area contributed by atoms with Gasteiger partial charge in [0.15, 0.2) is 0 Å². The van der Waals surface area contributed by atoms with Crippen LogP contribution in [0.25, 0.3) is 0 Å². The molecule has 0 saturated carbocycles. The summed E-state index contributed by atoms with van der Waals surface area (Å²) < 4.78 is 0. The van der Waals surface area contributed by atoms with E-state index in [-0.39, 0.29) is 0 Å². The van der Waals surface area contributed by atoms with Crippen LogP contribution >= 0.6 is 21.2 Å². The zero-order valence-corrected chi connectivity index (χ0v) is 15.6. The lowest BCUT2D eigenvalue weighted by molar-refractivity contribution is 0.474. The first-order valence-corrected chi connectivity index (χ1v) is 9.63. The average Bonchev–Trinajstić information content (AvgIpc) is 2.61. The highest BCUT2D eigenvalue weighted by Gasteiger charge is 2.11. The minimum absolute atomic E-state index is 0.424. The Bertz CT molecular complexity index is 830. The minimum Gasteiger partial charge on any atom is -0.507 e. The van der Waals surface area contributed by atoms with E-state index in [0.29, 0.717) is 20.1 Å².